The zero-order valence-corrected chi connectivity index (χ0v) is 16.6. The number of nitrogens with one attached hydrogen (secondary N) is 2. The maximum Gasteiger partial charge on any atom is 0.407 e. The van der Waals surface area contributed by atoms with Crippen LogP contribution < -0.4 is 10.6 Å². The zero-order valence-electron chi connectivity index (χ0n) is 16.6. The third-order valence-corrected chi connectivity index (χ3v) is 4.79. The summed E-state index contributed by atoms with van der Waals surface area (Å²) in [5.74, 6) is -0.798. The van der Waals surface area contributed by atoms with Gasteiger partial charge in [0.05, 0.1) is 18.2 Å². The van der Waals surface area contributed by atoms with E-state index in [0.29, 0.717) is 5.69 Å². The molecule has 10 heteroatoms. The summed E-state index contributed by atoms with van der Waals surface area (Å²) >= 11 is 0. The molecule has 2 atom stereocenters. The molecule has 0 fully saturated rings. The van der Waals surface area contributed by atoms with Crippen LogP contribution in [0.3, 0.4) is 0 Å². The zero-order chi connectivity index (χ0) is 22.8. The minimum atomic E-state index is -4.72. The second-order valence-electron chi connectivity index (χ2n) is 7.31. The molecule has 0 saturated heterocycles. The van der Waals surface area contributed by atoms with Gasteiger partial charge in [-0.3, -0.25) is 9.59 Å². The van der Waals surface area contributed by atoms with Gasteiger partial charge in [-0.2, -0.15) is 23.4 Å². The molecule has 2 amide bonds. The van der Waals surface area contributed by atoms with Gasteiger partial charge in [0.25, 0.3) is 5.91 Å². The topological polar surface area (TPSA) is 87.3 Å². The number of amides is 2. The van der Waals surface area contributed by atoms with Crippen LogP contribution in [-0.4, -0.2) is 17.4 Å². The van der Waals surface area contributed by atoms with Gasteiger partial charge in [-0.1, -0.05) is 18.2 Å². The number of carbonyl (C=O) groups excluding carboxylic acids is 2. The normalized spacial score (nSPS) is 20.2. The molecule has 3 rings (SSSR count). The fourth-order valence-electron chi connectivity index (χ4n) is 3.17. The first-order valence-corrected chi connectivity index (χ1v) is 9.21. The van der Waals surface area contributed by atoms with Crippen molar-refractivity contribution in [2.75, 3.05) is 10.6 Å². The molecule has 0 aromatic heterocycles. The average molecular weight is 429 g/mol. The van der Waals surface area contributed by atoms with E-state index in [-0.39, 0.29) is 18.0 Å². The number of anilines is 2. The Morgan fingerprint density at radius 3 is 2.35 bits per heavy atom. The minimum Gasteiger partial charge on any atom is -0.326 e. The summed E-state index contributed by atoms with van der Waals surface area (Å²) in [6, 6.07) is 9.53. The Bertz CT molecular complexity index is 1090. The predicted molar refractivity (Wildman–Crippen MR) is 108 cm³/mol. The highest BCUT2D eigenvalue weighted by Crippen LogP contribution is 2.40. The summed E-state index contributed by atoms with van der Waals surface area (Å²) in [5, 5.41) is 13.3. The summed E-state index contributed by atoms with van der Waals surface area (Å²) in [6.45, 7) is 9.83. The number of hydrogen-bond donors (Lipinski definition) is 2. The summed E-state index contributed by atoms with van der Waals surface area (Å²) in [4.78, 5) is 26.7. The van der Waals surface area contributed by atoms with E-state index in [1.165, 1.54) is 13.0 Å². The van der Waals surface area contributed by atoms with Gasteiger partial charge in [0.15, 0.2) is 11.2 Å². The van der Waals surface area contributed by atoms with Gasteiger partial charge in [0, 0.05) is 24.7 Å². The van der Waals surface area contributed by atoms with Crippen LogP contribution in [0, 0.1) is 6.57 Å². The first-order valence-electron chi connectivity index (χ1n) is 9.21. The van der Waals surface area contributed by atoms with E-state index in [1.807, 2.05) is 0 Å². The van der Waals surface area contributed by atoms with Crippen molar-refractivity contribution in [1.82, 2.24) is 0 Å². The molecule has 0 aliphatic carbocycles. The molecule has 7 nitrogen and oxygen atoms in total. The average Bonchev–Trinajstić information content (AvgIpc) is 3.11. The smallest absolute Gasteiger partial charge is 0.326 e. The second-order valence-corrected chi connectivity index (χ2v) is 7.31. The Balaban J connectivity index is 1.73. The highest BCUT2D eigenvalue weighted by Gasteiger charge is 2.41. The van der Waals surface area contributed by atoms with E-state index in [2.05, 4.69) is 25.7 Å². The highest BCUT2D eigenvalue weighted by molar-refractivity contribution is 5.98. The van der Waals surface area contributed by atoms with Crippen LogP contribution in [0.15, 0.2) is 52.7 Å². The molecule has 31 heavy (non-hydrogen) atoms. The SMILES string of the molecule is [C-]#[N+]c1ccc(NC(=O)C2(C)CC(c3ccc(NC(C)=O)cc3)N=N2)cc1C(F)(F)F. The van der Waals surface area contributed by atoms with Crippen molar-refractivity contribution in [3.63, 3.8) is 0 Å². The van der Waals surface area contributed by atoms with Crippen LogP contribution in [0.1, 0.15) is 37.4 Å². The van der Waals surface area contributed by atoms with Crippen molar-refractivity contribution in [2.45, 2.75) is 38.0 Å². The van der Waals surface area contributed by atoms with Gasteiger partial charge < -0.3 is 10.6 Å². The third-order valence-electron chi connectivity index (χ3n) is 4.79. The number of benzene rings is 2. The molecular formula is C21H18F3N5O2. The lowest BCUT2D eigenvalue weighted by molar-refractivity contribution is -0.136. The summed E-state index contributed by atoms with van der Waals surface area (Å²) in [6.07, 6.45) is -4.49. The molecule has 1 aliphatic rings. The van der Waals surface area contributed by atoms with E-state index in [1.54, 1.807) is 31.2 Å². The molecule has 0 saturated carbocycles. The number of halogens is 3. The molecule has 2 N–H and O–H groups in total. The van der Waals surface area contributed by atoms with Gasteiger partial charge in [0.1, 0.15) is 0 Å². The van der Waals surface area contributed by atoms with Crippen LogP contribution in [0.5, 0.6) is 0 Å². The van der Waals surface area contributed by atoms with Crippen LogP contribution in [0.25, 0.3) is 4.85 Å². The monoisotopic (exact) mass is 429 g/mol. The van der Waals surface area contributed by atoms with Gasteiger partial charge in [-0.05, 0) is 36.8 Å². The third kappa shape index (κ3) is 4.88. The van der Waals surface area contributed by atoms with Crippen LogP contribution >= 0.6 is 0 Å². The predicted octanol–water partition coefficient (Wildman–Crippen LogP) is 5.51. The Kier molecular flexibility index (Phi) is 5.79. The van der Waals surface area contributed by atoms with Crippen molar-refractivity contribution in [2.24, 2.45) is 10.2 Å². The molecule has 2 unspecified atom stereocenters. The lowest BCUT2D eigenvalue weighted by Crippen LogP contribution is -2.37. The summed E-state index contributed by atoms with van der Waals surface area (Å²) in [5.41, 5.74) is -1.59. The molecule has 2 aromatic carbocycles. The molecule has 0 spiro atoms. The van der Waals surface area contributed by atoms with Crippen LogP contribution in [-0.2, 0) is 15.8 Å². The maximum atomic E-state index is 13.2. The molecule has 1 aliphatic heterocycles. The number of hydrogen-bond acceptors (Lipinski definition) is 4. The largest absolute Gasteiger partial charge is 0.407 e. The fraction of sp³-hybridized carbons (Fsp3) is 0.286. The van der Waals surface area contributed by atoms with Gasteiger partial charge >= 0.3 is 6.18 Å². The van der Waals surface area contributed by atoms with Crippen molar-refractivity contribution >= 4 is 28.9 Å². The Morgan fingerprint density at radius 1 is 1.13 bits per heavy atom. The first-order chi connectivity index (χ1) is 14.5. The fourth-order valence-corrected chi connectivity index (χ4v) is 3.17. The molecule has 0 bridgehead atoms. The van der Waals surface area contributed by atoms with Crippen LogP contribution in [0.4, 0.5) is 30.2 Å². The molecule has 160 valence electrons. The van der Waals surface area contributed by atoms with E-state index in [9.17, 15) is 22.8 Å². The Hall–Kier alpha value is -3.74. The van der Waals surface area contributed by atoms with E-state index in [0.717, 1.165) is 17.7 Å². The number of rotatable bonds is 4. The molecular weight excluding hydrogens is 411 g/mol. The van der Waals surface area contributed by atoms with E-state index >= 15 is 0 Å². The second kappa shape index (κ2) is 8.18. The van der Waals surface area contributed by atoms with Crippen molar-refractivity contribution in [3.8, 4) is 0 Å². The molecule has 0 radical (unpaired) electrons. The quantitative estimate of drug-likeness (QED) is 0.628. The number of nitrogens with zero attached hydrogens (tertiary/aromatic N) is 3. The van der Waals surface area contributed by atoms with Crippen molar-refractivity contribution < 1.29 is 22.8 Å². The Morgan fingerprint density at radius 2 is 1.77 bits per heavy atom. The van der Waals surface area contributed by atoms with Gasteiger partial charge in [-0.25, -0.2) is 4.85 Å². The molecule has 1 heterocycles. The lowest BCUT2D eigenvalue weighted by atomic mass is 9.91. The van der Waals surface area contributed by atoms with Gasteiger partial charge in [0.2, 0.25) is 5.91 Å². The lowest BCUT2D eigenvalue weighted by Gasteiger charge is -2.20. The number of carbonyl (C=O) groups is 2. The first kappa shape index (κ1) is 22.0. The Labute approximate surface area is 176 Å². The number of alkyl halides is 3. The molecule has 2 aromatic rings. The van der Waals surface area contributed by atoms with Crippen LogP contribution in [0.2, 0.25) is 0 Å². The summed E-state index contributed by atoms with van der Waals surface area (Å²) in [7, 11) is 0. The van der Waals surface area contributed by atoms with E-state index < -0.39 is 34.9 Å². The summed E-state index contributed by atoms with van der Waals surface area (Å²) < 4.78 is 39.5. The van der Waals surface area contributed by atoms with Crippen molar-refractivity contribution in [3.05, 3.63) is 65.0 Å². The van der Waals surface area contributed by atoms with Crippen molar-refractivity contribution in [1.29, 1.82) is 0 Å². The highest BCUT2D eigenvalue weighted by atomic mass is 19.4. The van der Waals surface area contributed by atoms with E-state index in [4.69, 9.17) is 6.57 Å². The number of azo groups is 1. The standard InChI is InChI=1S/C21H18F3N5O2/c1-12(30)26-14-6-4-13(5-7-14)18-11-20(2,29-28-18)19(31)27-15-8-9-17(25-3)16(10-15)21(22,23)24/h4-10,18H,11H2,1-2H3,(H,26,30)(H,27,31). The minimum absolute atomic E-state index is 0.0794. The van der Waals surface area contributed by atoms with Gasteiger partial charge in [-0.15, -0.1) is 0 Å². The maximum absolute atomic E-state index is 13.2.